The Labute approximate surface area is 125 Å². The van der Waals surface area contributed by atoms with Gasteiger partial charge in [0.25, 0.3) is 0 Å². The highest BCUT2D eigenvalue weighted by molar-refractivity contribution is 5.81. The first-order chi connectivity index (χ1) is 10.2. The molecule has 0 saturated carbocycles. The van der Waals surface area contributed by atoms with E-state index in [1.807, 2.05) is 48.1 Å². The van der Waals surface area contributed by atoms with E-state index in [2.05, 4.69) is 10.4 Å². The van der Waals surface area contributed by atoms with Crippen LogP contribution in [0.2, 0.25) is 0 Å². The van der Waals surface area contributed by atoms with Gasteiger partial charge in [0.05, 0.1) is 6.04 Å². The number of nitrogens with one attached hydrogen (secondary N) is 1. The van der Waals surface area contributed by atoms with Crippen molar-refractivity contribution in [1.29, 1.82) is 0 Å². The van der Waals surface area contributed by atoms with Crippen LogP contribution in [0.4, 0.5) is 0 Å². The lowest BCUT2D eigenvalue weighted by atomic mass is 10.1. The van der Waals surface area contributed by atoms with Crippen LogP contribution in [0.25, 0.3) is 0 Å². The van der Waals surface area contributed by atoms with Gasteiger partial charge in [-0.1, -0.05) is 30.3 Å². The summed E-state index contributed by atoms with van der Waals surface area (Å²) in [4.78, 5) is 11.9. The number of benzene rings is 1. The Bertz CT molecular complexity index is 565. The third kappa shape index (κ3) is 4.72. The molecule has 2 aromatic rings. The van der Waals surface area contributed by atoms with Gasteiger partial charge in [0.2, 0.25) is 5.91 Å². The molecule has 21 heavy (non-hydrogen) atoms. The van der Waals surface area contributed by atoms with Crippen molar-refractivity contribution < 1.29 is 4.79 Å². The van der Waals surface area contributed by atoms with Crippen molar-refractivity contribution in [3.8, 4) is 0 Å². The SMILES string of the molecule is Cn1nccc1CCNC(=O)C(N)CCc1ccccc1. The number of nitrogens with two attached hydrogens (primary N) is 1. The average molecular weight is 286 g/mol. The zero-order chi connectivity index (χ0) is 15.1. The summed E-state index contributed by atoms with van der Waals surface area (Å²) < 4.78 is 1.81. The van der Waals surface area contributed by atoms with Gasteiger partial charge in [-0.15, -0.1) is 0 Å². The van der Waals surface area contributed by atoms with Crippen molar-refractivity contribution in [1.82, 2.24) is 15.1 Å². The second-order valence-corrected chi connectivity index (χ2v) is 5.12. The minimum absolute atomic E-state index is 0.0897. The molecule has 0 aliphatic carbocycles. The van der Waals surface area contributed by atoms with Crippen molar-refractivity contribution >= 4 is 5.91 Å². The van der Waals surface area contributed by atoms with Gasteiger partial charge >= 0.3 is 0 Å². The van der Waals surface area contributed by atoms with Gasteiger partial charge in [0.15, 0.2) is 0 Å². The van der Waals surface area contributed by atoms with Crippen LogP contribution in [0.15, 0.2) is 42.6 Å². The second-order valence-electron chi connectivity index (χ2n) is 5.12. The van der Waals surface area contributed by atoms with Gasteiger partial charge in [-0.3, -0.25) is 9.48 Å². The summed E-state index contributed by atoms with van der Waals surface area (Å²) >= 11 is 0. The molecule has 3 N–H and O–H groups in total. The van der Waals surface area contributed by atoms with E-state index in [1.54, 1.807) is 6.20 Å². The lowest BCUT2D eigenvalue weighted by molar-refractivity contribution is -0.122. The van der Waals surface area contributed by atoms with Crippen LogP contribution in [-0.2, 0) is 24.7 Å². The molecule has 2 rings (SSSR count). The highest BCUT2D eigenvalue weighted by Gasteiger charge is 2.12. The fraction of sp³-hybridized carbons (Fsp3) is 0.375. The van der Waals surface area contributed by atoms with Crippen LogP contribution >= 0.6 is 0 Å². The molecule has 1 amide bonds. The van der Waals surface area contributed by atoms with Gasteiger partial charge in [-0.25, -0.2) is 0 Å². The van der Waals surface area contributed by atoms with Crippen molar-refractivity contribution in [2.75, 3.05) is 6.54 Å². The van der Waals surface area contributed by atoms with E-state index in [1.165, 1.54) is 5.56 Å². The molecule has 5 heteroatoms. The first kappa shape index (κ1) is 15.3. The lowest BCUT2D eigenvalue weighted by Crippen LogP contribution is -2.41. The molecule has 0 bridgehead atoms. The normalized spacial score (nSPS) is 12.1. The number of aromatic nitrogens is 2. The van der Waals surface area contributed by atoms with Crippen LogP contribution in [0.5, 0.6) is 0 Å². The molecule has 0 radical (unpaired) electrons. The van der Waals surface area contributed by atoms with Crippen LogP contribution in [0, 0.1) is 0 Å². The topological polar surface area (TPSA) is 72.9 Å². The van der Waals surface area contributed by atoms with E-state index in [-0.39, 0.29) is 5.91 Å². The van der Waals surface area contributed by atoms with E-state index < -0.39 is 6.04 Å². The number of nitrogens with zero attached hydrogens (tertiary/aromatic N) is 2. The molecule has 1 aromatic heterocycles. The van der Waals surface area contributed by atoms with E-state index in [9.17, 15) is 4.79 Å². The maximum atomic E-state index is 11.9. The Morgan fingerprint density at radius 2 is 2.05 bits per heavy atom. The molecular formula is C16H22N4O. The Balaban J connectivity index is 1.69. The van der Waals surface area contributed by atoms with Crippen LogP contribution in [-0.4, -0.2) is 28.3 Å². The molecule has 0 fully saturated rings. The standard InChI is InChI=1S/C16H22N4O/c1-20-14(10-12-19-20)9-11-18-16(21)15(17)8-7-13-5-3-2-4-6-13/h2-6,10,12,15H,7-9,11,17H2,1H3,(H,18,21). The monoisotopic (exact) mass is 286 g/mol. The molecule has 112 valence electrons. The summed E-state index contributed by atoms with van der Waals surface area (Å²) in [5.74, 6) is -0.0897. The lowest BCUT2D eigenvalue weighted by Gasteiger charge is -2.12. The van der Waals surface area contributed by atoms with Gasteiger partial charge < -0.3 is 11.1 Å². The summed E-state index contributed by atoms with van der Waals surface area (Å²) in [5, 5.41) is 6.97. The Morgan fingerprint density at radius 3 is 2.71 bits per heavy atom. The summed E-state index contributed by atoms with van der Waals surface area (Å²) in [5.41, 5.74) is 8.22. The van der Waals surface area contributed by atoms with Gasteiger partial charge in [0.1, 0.15) is 0 Å². The molecule has 0 spiro atoms. The molecule has 1 heterocycles. The number of carbonyl (C=O) groups excluding carboxylic acids is 1. The number of hydrogen-bond acceptors (Lipinski definition) is 3. The minimum Gasteiger partial charge on any atom is -0.354 e. The highest BCUT2D eigenvalue weighted by Crippen LogP contribution is 2.04. The smallest absolute Gasteiger partial charge is 0.236 e. The van der Waals surface area contributed by atoms with E-state index in [0.29, 0.717) is 13.0 Å². The Hall–Kier alpha value is -2.14. The molecule has 1 unspecified atom stereocenters. The molecule has 5 nitrogen and oxygen atoms in total. The molecule has 0 aliphatic heterocycles. The van der Waals surface area contributed by atoms with Crippen molar-refractivity contribution in [3.05, 3.63) is 53.9 Å². The van der Waals surface area contributed by atoms with Crippen LogP contribution in [0.3, 0.4) is 0 Å². The van der Waals surface area contributed by atoms with E-state index >= 15 is 0 Å². The third-order valence-electron chi connectivity index (χ3n) is 3.53. The van der Waals surface area contributed by atoms with Gasteiger partial charge in [-0.05, 0) is 24.5 Å². The van der Waals surface area contributed by atoms with Crippen molar-refractivity contribution in [2.45, 2.75) is 25.3 Å². The van der Waals surface area contributed by atoms with Crippen LogP contribution < -0.4 is 11.1 Å². The first-order valence-corrected chi connectivity index (χ1v) is 7.21. The molecule has 1 atom stereocenters. The maximum Gasteiger partial charge on any atom is 0.236 e. The fourth-order valence-electron chi connectivity index (χ4n) is 2.19. The summed E-state index contributed by atoms with van der Waals surface area (Å²) in [6.45, 7) is 0.581. The number of amides is 1. The first-order valence-electron chi connectivity index (χ1n) is 7.21. The minimum atomic E-state index is -0.461. The van der Waals surface area contributed by atoms with Gasteiger partial charge in [-0.2, -0.15) is 5.10 Å². The number of aryl methyl sites for hydroxylation is 2. The predicted molar refractivity (Wildman–Crippen MR) is 82.7 cm³/mol. The molecular weight excluding hydrogens is 264 g/mol. The third-order valence-corrected chi connectivity index (χ3v) is 3.53. The fourth-order valence-corrected chi connectivity index (χ4v) is 2.19. The van der Waals surface area contributed by atoms with E-state index in [4.69, 9.17) is 5.73 Å². The molecule has 1 aromatic carbocycles. The van der Waals surface area contributed by atoms with Gasteiger partial charge in [0, 0.05) is 31.9 Å². The average Bonchev–Trinajstić information content (AvgIpc) is 2.91. The quantitative estimate of drug-likeness (QED) is 0.798. The largest absolute Gasteiger partial charge is 0.354 e. The summed E-state index contributed by atoms with van der Waals surface area (Å²) in [7, 11) is 1.89. The molecule has 0 saturated heterocycles. The maximum absolute atomic E-state index is 11.9. The zero-order valence-corrected chi connectivity index (χ0v) is 12.3. The van der Waals surface area contributed by atoms with Crippen molar-refractivity contribution in [2.24, 2.45) is 12.8 Å². The summed E-state index contributed by atoms with van der Waals surface area (Å²) in [6, 6.07) is 11.6. The predicted octanol–water partition coefficient (Wildman–Crippen LogP) is 1.04. The Morgan fingerprint density at radius 1 is 1.29 bits per heavy atom. The number of hydrogen-bond donors (Lipinski definition) is 2. The number of rotatable bonds is 7. The second kappa shape index (κ2) is 7.59. The Kier molecular flexibility index (Phi) is 5.51. The van der Waals surface area contributed by atoms with Crippen LogP contribution in [0.1, 0.15) is 17.7 Å². The molecule has 0 aliphatic rings. The van der Waals surface area contributed by atoms with Crippen molar-refractivity contribution in [3.63, 3.8) is 0 Å². The zero-order valence-electron chi connectivity index (χ0n) is 12.3. The number of carbonyl (C=O) groups is 1. The highest BCUT2D eigenvalue weighted by atomic mass is 16.2. The van der Waals surface area contributed by atoms with E-state index in [0.717, 1.165) is 18.5 Å². The summed E-state index contributed by atoms with van der Waals surface area (Å²) in [6.07, 6.45) is 3.98.